The smallest absolute Gasteiger partial charge is 0.353 e. The second-order valence-corrected chi connectivity index (χ2v) is 8.25. The fraction of sp³-hybridized carbons (Fsp3) is 0.524. The Morgan fingerprint density at radius 1 is 1.03 bits per heavy atom. The Kier molecular flexibility index (Phi) is 5.98. The Balaban J connectivity index is 1.50. The lowest BCUT2D eigenvalue weighted by molar-refractivity contribution is -0.383. The summed E-state index contributed by atoms with van der Waals surface area (Å²) in [6.07, 6.45) is 3.16. The zero-order valence-corrected chi connectivity index (χ0v) is 17.4. The highest BCUT2D eigenvalue weighted by Crippen LogP contribution is 2.34. The number of anilines is 3. The van der Waals surface area contributed by atoms with E-state index >= 15 is 0 Å². The van der Waals surface area contributed by atoms with Gasteiger partial charge in [-0.25, -0.2) is 0 Å². The fourth-order valence-corrected chi connectivity index (χ4v) is 4.29. The van der Waals surface area contributed by atoms with Crippen molar-refractivity contribution in [2.45, 2.75) is 19.3 Å². The molecule has 2 saturated heterocycles. The molecule has 2 aliphatic rings. The van der Waals surface area contributed by atoms with Crippen LogP contribution in [0, 0.1) is 16.0 Å². The van der Waals surface area contributed by atoms with Gasteiger partial charge in [-0.1, -0.05) is 30.3 Å². The molecular formula is C21H29N7O2. The molecule has 160 valence electrons. The lowest BCUT2D eigenvalue weighted by Crippen LogP contribution is -2.45. The van der Waals surface area contributed by atoms with E-state index in [1.54, 1.807) is 0 Å². The quantitative estimate of drug-likeness (QED) is 0.590. The normalized spacial score (nSPS) is 18.6. The van der Waals surface area contributed by atoms with Gasteiger partial charge in [-0.05, 0) is 37.8 Å². The van der Waals surface area contributed by atoms with Gasteiger partial charge in [-0.15, -0.1) is 0 Å². The number of nitro groups is 1. The molecule has 9 nitrogen and oxygen atoms in total. The maximum absolute atomic E-state index is 11.6. The molecule has 30 heavy (non-hydrogen) atoms. The van der Waals surface area contributed by atoms with Crippen molar-refractivity contribution in [3.8, 4) is 0 Å². The average Bonchev–Trinajstić information content (AvgIpc) is 2.75. The van der Waals surface area contributed by atoms with Crippen LogP contribution in [0.5, 0.6) is 0 Å². The number of benzene rings is 1. The SMILES string of the molecule is CN1CCN(c2nc(N3CCC(Cc4ccccc4)CC3)nc(N)c2[N+](=O)[O-])CC1. The zero-order chi connectivity index (χ0) is 21.1. The summed E-state index contributed by atoms with van der Waals surface area (Å²) in [6, 6.07) is 10.6. The van der Waals surface area contributed by atoms with Gasteiger partial charge in [0.25, 0.3) is 0 Å². The fourth-order valence-electron chi connectivity index (χ4n) is 4.29. The average molecular weight is 412 g/mol. The number of aromatic nitrogens is 2. The molecule has 0 aliphatic carbocycles. The van der Waals surface area contributed by atoms with Gasteiger partial charge >= 0.3 is 5.69 Å². The molecule has 0 spiro atoms. The zero-order valence-electron chi connectivity index (χ0n) is 17.4. The molecule has 0 bridgehead atoms. The van der Waals surface area contributed by atoms with Crippen LogP contribution in [0.2, 0.25) is 0 Å². The Hall–Kier alpha value is -2.94. The highest BCUT2D eigenvalue weighted by atomic mass is 16.6. The van der Waals surface area contributed by atoms with E-state index < -0.39 is 4.92 Å². The summed E-state index contributed by atoms with van der Waals surface area (Å²) in [7, 11) is 2.05. The number of hydrogen-bond donors (Lipinski definition) is 1. The molecule has 4 rings (SSSR count). The molecule has 2 fully saturated rings. The third kappa shape index (κ3) is 4.46. The van der Waals surface area contributed by atoms with Gasteiger partial charge in [0.1, 0.15) is 0 Å². The van der Waals surface area contributed by atoms with Crippen molar-refractivity contribution in [3.63, 3.8) is 0 Å². The molecular weight excluding hydrogens is 382 g/mol. The Bertz CT molecular complexity index is 876. The van der Waals surface area contributed by atoms with Gasteiger partial charge in [0.05, 0.1) is 4.92 Å². The lowest BCUT2D eigenvalue weighted by atomic mass is 9.90. The van der Waals surface area contributed by atoms with Crippen LogP contribution in [-0.2, 0) is 6.42 Å². The van der Waals surface area contributed by atoms with Crippen LogP contribution in [0.3, 0.4) is 0 Å². The van der Waals surface area contributed by atoms with E-state index in [1.807, 2.05) is 18.0 Å². The predicted molar refractivity (Wildman–Crippen MR) is 118 cm³/mol. The Labute approximate surface area is 176 Å². The van der Waals surface area contributed by atoms with Crippen molar-refractivity contribution in [1.82, 2.24) is 14.9 Å². The number of likely N-dealkylation sites (N-methyl/N-ethyl adjacent to an activating group) is 1. The molecule has 0 amide bonds. The maximum Gasteiger partial charge on any atom is 0.353 e. The lowest BCUT2D eigenvalue weighted by Gasteiger charge is -2.35. The molecule has 1 aromatic carbocycles. The van der Waals surface area contributed by atoms with E-state index in [4.69, 9.17) is 5.73 Å². The minimum Gasteiger partial charge on any atom is -0.378 e. The van der Waals surface area contributed by atoms with Crippen LogP contribution >= 0.6 is 0 Å². The van der Waals surface area contributed by atoms with Crippen LogP contribution < -0.4 is 15.5 Å². The summed E-state index contributed by atoms with van der Waals surface area (Å²) in [6.45, 7) is 4.70. The topological polar surface area (TPSA) is 105 Å². The Morgan fingerprint density at radius 2 is 1.70 bits per heavy atom. The maximum atomic E-state index is 11.6. The number of rotatable bonds is 5. The summed E-state index contributed by atoms with van der Waals surface area (Å²) in [4.78, 5) is 26.4. The van der Waals surface area contributed by atoms with Crippen molar-refractivity contribution in [3.05, 3.63) is 46.0 Å². The minimum atomic E-state index is -0.459. The summed E-state index contributed by atoms with van der Waals surface area (Å²) < 4.78 is 0. The molecule has 0 radical (unpaired) electrons. The highest BCUT2D eigenvalue weighted by Gasteiger charge is 2.31. The van der Waals surface area contributed by atoms with Crippen LogP contribution in [0.25, 0.3) is 0 Å². The number of hydrogen-bond acceptors (Lipinski definition) is 8. The van der Waals surface area contributed by atoms with Gasteiger partial charge in [0.15, 0.2) is 0 Å². The van der Waals surface area contributed by atoms with Gasteiger partial charge in [-0.2, -0.15) is 9.97 Å². The number of piperidine rings is 1. The van der Waals surface area contributed by atoms with E-state index in [1.165, 1.54) is 5.56 Å². The van der Waals surface area contributed by atoms with Crippen molar-refractivity contribution in [1.29, 1.82) is 0 Å². The largest absolute Gasteiger partial charge is 0.378 e. The van der Waals surface area contributed by atoms with Crippen molar-refractivity contribution >= 4 is 23.3 Å². The summed E-state index contributed by atoms with van der Waals surface area (Å²) in [5.74, 6) is 1.42. The van der Waals surface area contributed by atoms with E-state index in [9.17, 15) is 10.1 Å². The molecule has 0 atom stereocenters. The molecule has 0 unspecified atom stereocenters. The van der Waals surface area contributed by atoms with E-state index in [0.29, 0.717) is 30.8 Å². The molecule has 2 aliphatic heterocycles. The first kappa shape index (κ1) is 20.3. The summed E-state index contributed by atoms with van der Waals surface area (Å²) in [5.41, 5.74) is 7.22. The van der Waals surface area contributed by atoms with Gasteiger partial charge in [0, 0.05) is 39.3 Å². The van der Waals surface area contributed by atoms with Crippen LogP contribution in [0.1, 0.15) is 18.4 Å². The molecule has 1 aromatic heterocycles. The van der Waals surface area contributed by atoms with Gasteiger partial charge in [0.2, 0.25) is 17.6 Å². The van der Waals surface area contributed by atoms with Crippen molar-refractivity contribution in [2.24, 2.45) is 5.92 Å². The number of nitrogens with zero attached hydrogens (tertiary/aromatic N) is 6. The number of nitrogens with two attached hydrogens (primary N) is 1. The van der Waals surface area contributed by atoms with Crippen LogP contribution in [-0.4, -0.2) is 66.1 Å². The second-order valence-electron chi connectivity index (χ2n) is 8.25. The predicted octanol–water partition coefficient (Wildman–Crippen LogP) is 2.18. The standard InChI is InChI=1S/C21H29N7O2/c1-25-11-13-26(14-12-25)20-18(28(29)30)19(22)23-21(24-20)27-9-7-17(8-10-27)15-16-5-3-2-4-6-16/h2-6,17H,7-15H2,1H3,(H2,22,23,24). The number of nitrogen functional groups attached to an aromatic ring is 1. The minimum absolute atomic E-state index is 0.0506. The highest BCUT2D eigenvalue weighted by molar-refractivity contribution is 5.71. The van der Waals surface area contributed by atoms with Crippen molar-refractivity contribution < 1.29 is 4.92 Å². The molecule has 9 heteroatoms. The van der Waals surface area contributed by atoms with E-state index in [-0.39, 0.29) is 11.5 Å². The monoisotopic (exact) mass is 411 g/mol. The van der Waals surface area contributed by atoms with Crippen molar-refractivity contribution in [2.75, 3.05) is 61.8 Å². The molecule has 3 heterocycles. The third-order valence-electron chi connectivity index (χ3n) is 6.13. The first-order valence-electron chi connectivity index (χ1n) is 10.6. The van der Waals surface area contributed by atoms with Crippen LogP contribution in [0.4, 0.5) is 23.3 Å². The van der Waals surface area contributed by atoms with E-state index in [0.717, 1.165) is 45.4 Å². The first-order valence-corrected chi connectivity index (χ1v) is 10.6. The number of piperazine rings is 1. The molecule has 2 N–H and O–H groups in total. The van der Waals surface area contributed by atoms with Gasteiger partial charge < -0.3 is 20.4 Å². The third-order valence-corrected chi connectivity index (χ3v) is 6.13. The van der Waals surface area contributed by atoms with Crippen LogP contribution in [0.15, 0.2) is 30.3 Å². The molecule has 2 aromatic rings. The van der Waals surface area contributed by atoms with Gasteiger partial charge in [-0.3, -0.25) is 10.1 Å². The van der Waals surface area contributed by atoms with E-state index in [2.05, 4.69) is 44.0 Å². The Morgan fingerprint density at radius 3 is 2.33 bits per heavy atom. The molecule has 0 saturated carbocycles. The summed E-state index contributed by atoms with van der Waals surface area (Å²) in [5, 5.41) is 11.6. The first-order chi connectivity index (χ1) is 14.5. The summed E-state index contributed by atoms with van der Waals surface area (Å²) >= 11 is 0. The second kappa shape index (κ2) is 8.83.